The van der Waals surface area contributed by atoms with Gasteiger partial charge in [0.05, 0.1) is 12.7 Å². The molecule has 0 aromatic heterocycles. The fraction of sp³-hybridized carbons (Fsp3) is 0.118. The number of methoxy groups -OCH3 is 1. The van der Waals surface area contributed by atoms with E-state index in [0.29, 0.717) is 28.2 Å². The van der Waals surface area contributed by atoms with Gasteiger partial charge in [0.1, 0.15) is 18.1 Å². The minimum absolute atomic E-state index is 0.0805. The zero-order valence-electron chi connectivity index (χ0n) is 11.7. The third-order valence-electron chi connectivity index (χ3n) is 3.39. The lowest BCUT2D eigenvalue weighted by molar-refractivity contribution is 0.100. The summed E-state index contributed by atoms with van der Waals surface area (Å²) in [5, 5.41) is 0. The van der Waals surface area contributed by atoms with E-state index in [2.05, 4.69) is 0 Å². The molecule has 0 bridgehead atoms. The molecule has 2 aromatic carbocycles. The quantitative estimate of drug-likeness (QED) is 0.795. The first-order chi connectivity index (χ1) is 10.6. The standard InChI is InChI=1S/C17H12F2O3/c1-21-12-3-5-16-13(8-12)17(20)11(9-22-16)6-10-2-4-14(18)15(19)7-10/h2-8H,9H2,1H3/b11-6+. The topological polar surface area (TPSA) is 35.5 Å². The lowest BCUT2D eigenvalue weighted by Gasteiger charge is -2.19. The van der Waals surface area contributed by atoms with Gasteiger partial charge in [-0.2, -0.15) is 0 Å². The predicted molar refractivity (Wildman–Crippen MR) is 77.2 cm³/mol. The lowest BCUT2D eigenvalue weighted by Crippen LogP contribution is -2.19. The number of ether oxygens (including phenoxy) is 2. The largest absolute Gasteiger partial charge is 0.497 e. The highest BCUT2D eigenvalue weighted by molar-refractivity contribution is 6.14. The van der Waals surface area contributed by atoms with Crippen LogP contribution < -0.4 is 9.47 Å². The first-order valence-corrected chi connectivity index (χ1v) is 6.59. The molecule has 1 aliphatic heterocycles. The molecule has 0 N–H and O–H groups in total. The summed E-state index contributed by atoms with van der Waals surface area (Å²) in [5.74, 6) is -1.08. The van der Waals surface area contributed by atoms with Crippen molar-refractivity contribution in [1.82, 2.24) is 0 Å². The van der Waals surface area contributed by atoms with E-state index in [1.54, 1.807) is 18.2 Å². The van der Waals surface area contributed by atoms with Crippen LogP contribution in [0.2, 0.25) is 0 Å². The fourth-order valence-corrected chi connectivity index (χ4v) is 2.24. The summed E-state index contributed by atoms with van der Waals surface area (Å²) in [5.41, 5.74) is 1.16. The molecule has 0 amide bonds. The zero-order valence-corrected chi connectivity index (χ0v) is 11.7. The minimum Gasteiger partial charge on any atom is -0.497 e. The number of rotatable bonds is 2. The summed E-state index contributed by atoms with van der Waals surface area (Å²) in [6.45, 7) is 0.0805. The molecule has 2 aromatic rings. The molecule has 5 heteroatoms. The molecule has 22 heavy (non-hydrogen) atoms. The molecule has 0 fully saturated rings. The van der Waals surface area contributed by atoms with Gasteiger partial charge in [-0.05, 0) is 42.0 Å². The first kappa shape index (κ1) is 14.3. The van der Waals surface area contributed by atoms with Gasteiger partial charge in [0.2, 0.25) is 0 Å². The number of carbonyl (C=O) groups excluding carboxylic acids is 1. The maximum absolute atomic E-state index is 13.2. The van der Waals surface area contributed by atoms with Crippen LogP contribution in [0.1, 0.15) is 15.9 Å². The van der Waals surface area contributed by atoms with Crippen LogP contribution in [0, 0.1) is 11.6 Å². The molecule has 0 saturated heterocycles. The van der Waals surface area contributed by atoms with Crippen LogP contribution in [0.4, 0.5) is 8.78 Å². The smallest absolute Gasteiger partial charge is 0.196 e. The molecular formula is C17H12F2O3. The van der Waals surface area contributed by atoms with E-state index in [-0.39, 0.29) is 12.4 Å². The molecule has 112 valence electrons. The Morgan fingerprint density at radius 1 is 1.14 bits per heavy atom. The second-order valence-electron chi connectivity index (χ2n) is 4.82. The van der Waals surface area contributed by atoms with Crippen LogP contribution in [0.3, 0.4) is 0 Å². The van der Waals surface area contributed by atoms with Gasteiger partial charge < -0.3 is 9.47 Å². The van der Waals surface area contributed by atoms with Crippen molar-refractivity contribution in [3.63, 3.8) is 0 Å². The van der Waals surface area contributed by atoms with E-state index in [0.717, 1.165) is 12.1 Å². The van der Waals surface area contributed by atoms with E-state index in [9.17, 15) is 13.6 Å². The van der Waals surface area contributed by atoms with E-state index >= 15 is 0 Å². The van der Waals surface area contributed by atoms with Gasteiger partial charge in [-0.15, -0.1) is 0 Å². The zero-order chi connectivity index (χ0) is 15.7. The molecule has 1 heterocycles. The van der Waals surface area contributed by atoms with Gasteiger partial charge in [-0.1, -0.05) is 6.07 Å². The van der Waals surface area contributed by atoms with Crippen molar-refractivity contribution in [3.05, 3.63) is 64.7 Å². The molecule has 0 spiro atoms. The number of Topliss-reactive ketones (excluding diaryl/α,β-unsaturated/α-hetero) is 1. The first-order valence-electron chi connectivity index (χ1n) is 6.59. The normalized spacial score (nSPS) is 15.4. The van der Waals surface area contributed by atoms with E-state index in [1.807, 2.05) is 0 Å². The van der Waals surface area contributed by atoms with Crippen LogP contribution >= 0.6 is 0 Å². The van der Waals surface area contributed by atoms with E-state index < -0.39 is 11.6 Å². The highest BCUT2D eigenvalue weighted by atomic mass is 19.2. The monoisotopic (exact) mass is 302 g/mol. The van der Waals surface area contributed by atoms with Crippen molar-refractivity contribution in [2.24, 2.45) is 0 Å². The van der Waals surface area contributed by atoms with Gasteiger partial charge in [-0.25, -0.2) is 8.78 Å². The molecule has 0 aliphatic carbocycles. The Kier molecular flexibility index (Phi) is 3.63. The average Bonchev–Trinajstić information content (AvgIpc) is 2.53. The van der Waals surface area contributed by atoms with Gasteiger partial charge in [-0.3, -0.25) is 4.79 Å². The second-order valence-corrected chi connectivity index (χ2v) is 4.82. The highest BCUT2D eigenvalue weighted by Crippen LogP contribution is 2.31. The van der Waals surface area contributed by atoms with Gasteiger partial charge in [0, 0.05) is 5.57 Å². The SMILES string of the molecule is COc1ccc2c(c1)C(=O)/C(=C/c1ccc(F)c(F)c1)CO2. The molecular weight excluding hydrogens is 290 g/mol. The predicted octanol–water partition coefficient (Wildman–Crippen LogP) is 3.63. The van der Waals surface area contributed by atoms with Crippen molar-refractivity contribution in [3.8, 4) is 11.5 Å². The molecule has 0 saturated carbocycles. The Morgan fingerprint density at radius 2 is 1.95 bits per heavy atom. The van der Waals surface area contributed by atoms with Gasteiger partial charge in [0.25, 0.3) is 0 Å². The Bertz CT molecular complexity index is 781. The summed E-state index contributed by atoms with van der Waals surface area (Å²) in [7, 11) is 1.51. The lowest BCUT2D eigenvalue weighted by atomic mass is 9.98. The van der Waals surface area contributed by atoms with E-state index in [4.69, 9.17) is 9.47 Å². The van der Waals surface area contributed by atoms with Crippen LogP contribution in [0.5, 0.6) is 11.5 Å². The Labute approximate surface area is 125 Å². The summed E-state index contributed by atoms with van der Waals surface area (Å²) < 4.78 is 36.8. The number of benzene rings is 2. The molecule has 0 unspecified atom stereocenters. The van der Waals surface area contributed by atoms with Crippen LogP contribution in [-0.2, 0) is 0 Å². The number of hydrogen-bond acceptors (Lipinski definition) is 3. The summed E-state index contributed by atoms with van der Waals surface area (Å²) in [4.78, 5) is 12.5. The van der Waals surface area contributed by atoms with Crippen molar-refractivity contribution >= 4 is 11.9 Å². The molecule has 0 atom stereocenters. The summed E-state index contributed by atoms with van der Waals surface area (Å²) in [6, 6.07) is 8.43. The summed E-state index contributed by atoms with van der Waals surface area (Å²) >= 11 is 0. The highest BCUT2D eigenvalue weighted by Gasteiger charge is 2.24. The summed E-state index contributed by atoms with van der Waals surface area (Å²) in [6.07, 6.45) is 1.49. The third-order valence-corrected chi connectivity index (χ3v) is 3.39. The number of halogens is 2. The van der Waals surface area contributed by atoms with Crippen LogP contribution in [-0.4, -0.2) is 19.5 Å². The van der Waals surface area contributed by atoms with Crippen LogP contribution in [0.15, 0.2) is 42.0 Å². The van der Waals surface area contributed by atoms with Crippen molar-refractivity contribution in [2.45, 2.75) is 0 Å². The molecule has 0 radical (unpaired) electrons. The van der Waals surface area contributed by atoms with Gasteiger partial charge >= 0.3 is 0 Å². The Morgan fingerprint density at radius 3 is 2.68 bits per heavy atom. The number of fused-ring (bicyclic) bond motifs is 1. The van der Waals surface area contributed by atoms with Crippen LogP contribution in [0.25, 0.3) is 6.08 Å². The van der Waals surface area contributed by atoms with E-state index in [1.165, 1.54) is 19.3 Å². The number of carbonyl (C=O) groups is 1. The minimum atomic E-state index is -0.958. The maximum Gasteiger partial charge on any atom is 0.196 e. The van der Waals surface area contributed by atoms with Crippen molar-refractivity contribution < 1.29 is 23.0 Å². The maximum atomic E-state index is 13.2. The van der Waals surface area contributed by atoms with Gasteiger partial charge in [0.15, 0.2) is 17.4 Å². The number of hydrogen-bond donors (Lipinski definition) is 0. The number of ketones is 1. The van der Waals surface area contributed by atoms with Crippen molar-refractivity contribution in [1.29, 1.82) is 0 Å². The Balaban J connectivity index is 1.97. The van der Waals surface area contributed by atoms with Crippen molar-refractivity contribution in [2.75, 3.05) is 13.7 Å². The Hall–Kier alpha value is -2.69. The molecule has 3 nitrogen and oxygen atoms in total. The fourth-order valence-electron chi connectivity index (χ4n) is 2.24. The third kappa shape index (κ3) is 2.57. The second kappa shape index (κ2) is 5.60. The molecule has 3 rings (SSSR count). The molecule has 1 aliphatic rings. The average molecular weight is 302 g/mol.